The molecule has 3 rings (SSSR count). The van der Waals surface area contributed by atoms with Crippen LogP contribution in [-0.2, 0) is 11.3 Å². The number of ether oxygens (including phenoxy) is 1. The highest BCUT2D eigenvalue weighted by atomic mass is 16.5. The van der Waals surface area contributed by atoms with E-state index in [4.69, 9.17) is 4.74 Å². The van der Waals surface area contributed by atoms with E-state index in [1.807, 2.05) is 67.0 Å². The van der Waals surface area contributed by atoms with Crippen molar-refractivity contribution in [3.05, 3.63) is 90.3 Å². The average Bonchev–Trinajstić information content (AvgIpc) is 3.20. The van der Waals surface area contributed by atoms with Crippen LogP contribution in [-0.4, -0.2) is 17.6 Å². The molecule has 1 aromatic heterocycles. The Hall–Kier alpha value is -3.01. The molecule has 0 aliphatic heterocycles. The van der Waals surface area contributed by atoms with Gasteiger partial charge in [-0.3, -0.25) is 4.79 Å². The number of aromatic nitrogens is 1. The molecule has 1 N–H and O–H groups in total. The van der Waals surface area contributed by atoms with Crippen LogP contribution in [0.3, 0.4) is 0 Å². The fourth-order valence-electron chi connectivity index (χ4n) is 2.86. The summed E-state index contributed by atoms with van der Waals surface area (Å²) in [5.74, 6) is 0.812. The lowest BCUT2D eigenvalue weighted by Gasteiger charge is -2.19. The van der Waals surface area contributed by atoms with Gasteiger partial charge in [0.2, 0.25) is 5.91 Å². The van der Waals surface area contributed by atoms with E-state index in [1.54, 1.807) is 7.11 Å². The third kappa shape index (κ3) is 4.51. The monoisotopic (exact) mass is 334 g/mol. The lowest BCUT2D eigenvalue weighted by atomic mass is 10.0. The van der Waals surface area contributed by atoms with Crippen LogP contribution < -0.4 is 10.1 Å². The molecule has 1 unspecified atom stereocenters. The first-order valence-electron chi connectivity index (χ1n) is 8.33. The predicted octanol–water partition coefficient (Wildman–Crippen LogP) is 3.79. The van der Waals surface area contributed by atoms with E-state index in [9.17, 15) is 4.79 Å². The number of nitrogens with one attached hydrogen (secondary N) is 1. The zero-order chi connectivity index (χ0) is 17.5. The molecule has 0 spiro atoms. The molecule has 0 saturated heterocycles. The van der Waals surface area contributed by atoms with Gasteiger partial charge in [-0.1, -0.05) is 42.5 Å². The molecule has 0 fully saturated rings. The zero-order valence-corrected chi connectivity index (χ0v) is 14.3. The topological polar surface area (TPSA) is 43.3 Å². The largest absolute Gasteiger partial charge is 0.497 e. The Morgan fingerprint density at radius 3 is 2.52 bits per heavy atom. The van der Waals surface area contributed by atoms with Gasteiger partial charge < -0.3 is 14.6 Å². The molecule has 1 heterocycles. The van der Waals surface area contributed by atoms with Crippen molar-refractivity contribution in [2.24, 2.45) is 0 Å². The highest BCUT2D eigenvalue weighted by molar-refractivity contribution is 5.76. The average molecular weight is 334 g/mol. The van der Waals surface area contributed by atoms with Gasteiger partial charge in [-0.25, -0.2) is 0 Å². The van der Waals surface area contributed by atoms with Gasteiger partial charge in [0.25, 0.3) is 0 Å². The van der Waals surface area contributed by atoms with Gasteiger partial charge >= 0.3 is 0 Å². The van der Waals surface area contributed by atoms with E-state index in [0.717, 1.165) is 16.9 Å². The summed E-state index contributed by atoms with van der Waals surface area (Å²) >= 11 is 0. The maximum absolute atomic E-state index is 12.5. The molecule has 4 heteroatoms. The Kier molecular flexibility index (Phi) is 5.52. The first kappa shape index (κ1) is 16.8. The Bertz CT molecular complexity index is 798. The van der Waals surface area contributed by atoms with Gasteiger partial charge in [-0.05, 0) is 35.4 Å². The fraction of sp³-hybridized carbons (Fsp3) is 0.190. The third-order valence-corrected chi connectivity index (χ3v) is 4.17. The number of benzene rings is 2. The minimum Gasteiger partial charge on any atom is -0.497 e. The van der Waals surface area contributed by atoms with Crippen molar-refractivity contribution >= 4 is 5.91 Å². The summed E-state index contributed by atoms with van der Waals surface area (Å²) in [5.41, 5.74) is 2.14. The quantitative estimate of drug-likeness (QED) is 0.714. The SMILES string of the molecule is COc1cccc(CNC(=O)CC(c2ccccc2)n2cccc2)c1. The molecule has 0 saturated carbocycles. The smallest absolute Gasteiger partial charge is 0.222 e. The molecular formula is C21H22N2O2. The highest BCUT2D eigenvalue weighted by Crippen LogP contribution is 2.22. The minimum absolute atomic E-state index is 0.0125. The van der Waals surface area contributed by atoms with E-state index >= 15 is 0 Å². The van der Waals surface area contributed by atoms with Crippen LogP contribution in [0.25, 0.3) is 0 Å². The lowest BCUT2D eigenvalue weighted by Crippen LogP contribution is -2.26. The lowest BCUT2D eigenvalue weighted by molar-refractivity contribution is -0.121. The van der Waals surface area contributed by atoms with Crippen LogP contribution in [0.5, 0.6) is 5.75 Å². The van der Waals surface area contributed by atoms with Gasteiger partial charge in [-0.15, -0.1) is 0 Å². The number of amides is 1. The molecule has 4 nitrogen and oxygen atoms in total. The van der Waals surface area contributed by atoms with Crippen molar-refractivity contribution in [2.75, 3.05) is 7.11 Å². The second-order valence-corrected chi connectivity index (χ2v) is 5.89. The molecule has 0 aliphatic rings. The van der Waals surface area contributed by atoms with Crippen LogP contribution in [0, 0.1) is 0 Å². The number of carbonyl (C=O) groups excluding carboxylic acids is 1. The molecule has 1 amide bonds. The van der Waals surface area contributed by atoms with Crippen molar-refractivity contribution in [3.8, 4) is 5.75 Å². The molecule has 0 aliphatic carbocycles. The molecular weight excluding hydrogens is 312 g/mol. The molecule has 1 atom stereocenters. The molecule has 128 valence electrons. The van der Waals surface area contributed by atoms with Crippen molar-refractivity contribution in [1.82, 2.24) is 9.88 Å². The van der Waals surface area contributed by atoms with Crippen LogP contribution in [0.4, 0.5) is 0 Å². The summed E-state index contributed by atoms with van der Waals surface area (Å²) in [5, 5.41) is 3.00. The van der Waals surface area contributed by atoms with Gasteiger partial charge in [0, 0.05) is 18.9 Å². The Morgan fingerprint density at radius 1 is 1.04 bits per heavy atom. The third-order valence-electron chi connectivity index (χ3n) is 4.17. The fourth-order valence-corrected chi connectivity index (χ4v) is 2.86. The Morgan fingerprint density at radius 2 is 1.80 bits per heavy atom. The van der Waals surface area contributed by atoms with E-state index in [-0.39, 0.29) is 11.9 Å². The molecule has 0 bridgehead atoms. The predicted molar refractivity (Wildman–Crippen MR) is 98.5 cm³/mol. The second kappa shape index (κ2) is 8.20. The van der Waals surface area contributed by atoms with Crippen LogP contribution in [0.15, 0.2) is 79.1 Å². The second-order valence-electron chi connectivity index (χ2n) is 5.89. The van der Waals surface area contributed by atoms with Crippen molar-refractivity contribution < 1.29 is 9.53 Å². The van der Waals surface area contributed by atoms with Crippen molar-refractivity contribution in [2.45, 2.75) is 19.0 Å². The zero-order valence-electron chi connectivity index (χ0n) is 14.3. The van der Waals surface area contributed by atoms with Gasteiger partial charge in [0.05, 0.1) is 19.6 Å². The molecule has 3 aromatic rings. The van der Waals surface area contributed by atoms with Crippen molar-refractivity contribution in [3.63, 3.8) is 0 Å². The number of nitrogens with zero attached hydrogens (tertiary/aromatic N) is 1. The van der Waals surface area contributed by atoms with Crippen LogP contribution in [0.1, 0.15) is 23.6 Å². The van der Waals surface area contributed by atoms with Crippen molar-refractivity contribution in [1.29, 1.82) is 0 Å². The van der Waals surface area contributed by atoms with Crippen LogP contribution >= 0.6 is 0 Å². The number of hydrogen-bond acceptors (Lipinski definition) is 2. The number of rotatable bonds is 7. The number of carbonyl (C=O) groups is 1. The standard InChI is InChI=1S/C21H22N2O2/c1-25-19-11-7-8-17(14-19)16-22-21(24)15-20(23-12-5-6-13-23)18-9-3-2-4-10-18/h2-14,20H,15-16H2,1H3,(H,22,24). The normalized spacial score (nSPS) is 11.7. The minimum atomic E-state index is -0.0125. The van der Waals surface area contributed by atoms with E-state index in [0.29, 0.717) is 13.0 Å². The summed E-state index contributed by atoms with van der Waals surface area (Å²) < 4.78 is 7.29. The summed E-state index contributed by atoms with van der Waals surface area (Å²) in [6, 6.07) is 21.8. The first-order valence-corrected chi connectivity index (χ1v) is 8.33. The summed E-state index contributed by atoms with van der Waals surface area (Å²) in [6.45, 7) is 0.489. The maximum Gasteiger partial charge on any atom is 0.222 e. The van der Waals surface area contributed by atoms with E-state index < -0.39 is 0 Å². The highest BCUT2D eigenvalue weighted by Gasteiger charge is 2.17. The van der Waals surface area contributed by atoms with E-state index in [2.05, 4.69) is 22.0 Å². The number of methoxy groups -OCH3 is 1. The van der Waals surface area contributed by atoms with Gasteiger partial charge in [0.15, 0.2) is 0 Å². The summed E-state index contributed by atoms with van der Waals surface area (Å²) in [4.78, 5) is 12.5. The molecule has 2 aromatic carbocycles. The summed E-state index contributed by atoms with van der Waals surface area (Å²) in [6.07, 6.45) is 4.38. The van der Waals surface area contributed by atoms with Gasteiger partial charge in [-0.2, -0.15) is 0 Å². The van der Waals surface area contributed by atoms with Crippen LogP contribution in [0.2, 0.25) is 0 Å². The maximum atomic E-state index is 12.5. The molecule has 25 heavy (non-hydrogen) atoms. The summed E-state index contributed by atoms with van der Waals surface area (Å²) in [7, 11) is 1.64. The van der Waals surface area contributed by atoms with Gasteiger partial charge in [0.1, 0.15) is 5.75 Å². The number of hydrogen-bond donors (Lipinski definition) is 1. The Labute approximate surface area is 148 Å². The first-order chi connectivity index (χ1) is 12.3. The van der Waals surface area contributed by atoms with E-state index in [1.165, 1.54) is 0 Å². The molecule has 0 radical (unpaired) electrons. The Balaban J connectivity index is 1.66.